The van der Waals surface area contributed by atoms with Crippen LogP contribution < -0.4 is 15.8 Å². The zero-order valence-corrected chi connectivity index (χ0v) is 24.3. The molecule has 0 spiro atoms. The zero-order chi connectivity index (χ0) is 30.8. The molecule has 43 heavy (non-hydrogen) atoms. The average Bonchev–Trinajstić information content (AvgIpc) is 3.46. The molecular weight excluding hydrogens is 568 g/mol. The van der Waals surface area contributed by atoms with Crippen LogP contribution in [0.5, 0.6) is 5.75 Å². The quantitative estimate of drug-likeness (QED) is 0.175. The highest BCUT2D eigenvalue weighted by molar-refractivity contribution is 7.93. The van der Waals surface area contributed by atoms with Crippen LogP contribution in [0.1, 0.15) is 30.0 Å². The highest BCUT2D eigenvalue weighted by Gasteiger charge is 2.51. The molecule has 0 saturated heterocycles. The van der Waals surface area contributed by atoms with Gasteiger partial charge in [-0.15, -0.1) is 0 Å². The fraction of sp³-hybridized carbons (Fsp3) is 0.152. The number of nitrogens with one attached hydrogen (secondary N) is 1. The molecule has 1 amide bonds. The first kappa shape index (κ1) is 29.6. The first-order valence-corrected chi connectivity index (χ1v) is 15.0. The maximum atomic E-state index is 13.1. The Balaban J connectivity index is 1.28. The van der Waals surface area contributed by atoms with Crippen LogP contribution >= 0.6 is 0 Å². The Hall–Kier alpha value is -4.93. The number of sulfone groups is 1. The molecule has 9 nitrogen and oxygen atoms in total. The normalized spacial score (nSPS) is 13.0. The van der Waals surface area contributed by atoms with E-state index in [2.05, 4.69) is 5.32 Å². The summed E-state index contributed by atoms with van der Waals surface area (Å²) in [5, 5.41) is 13.1. The number of amides is 1. The van der Waals surface area contributed by atoms with Crippen molar-refractivity contribution in [2.24, 2.45) is 11.7 Å². The molecule has 0 fully saturated rings. The first-order chi connectivity index (χ1) is 20.5. The number of carbonyl (C=O) groups is 2. The molecule has 5 rings (SSSR count). The largest absolute Gasteiger partial charge is 0.488 e. The van der Waals surface area contributed by atoms with E-state index in [0.717, 1.165) is 11.1 Å². The maximum Gasteiger partial charge on any atom is 0.340 e. The number of rotatable bonds is 10. The van der Waals surface area contributed by atoms with Crippen LogP contribution in [0, 0.1) is 5.92 Å². The van der Waals surface area contributed by atoms with E-state index in [0.29, 0.717) is 34.6 Å². The lowest BCUT2D eigenvalue weighted by Crippen LogP contribution is -2.58. The van der Waals surface area contributed by atoms with Crippen molar-refractivity contribution < 1.29 is 32.3 Å². The molecule has 4 N–H and O–H groups in total. The predicted molar refractivity (Wildman–Crippen MR) is 163 cm³/mol. The predicted octanol–water partition coefficient (Wildman–Crippen LogP) is 6.10. The Labute approximate surface area is 248 Å². The Kier molecular flexibility index (Phi) is 8.08. The molecule has 5 aromatic rings. The number of hydrogen-bond acceptors (Lipinski definition) is 7. The molecule has 220 valence electrons. The summed E-state index contributed by atoms with van der Waals surface area (Å²) in [6.07, 6.45) is 0. The summed E-state index contributed by atoms with van der Waals surface area (Å²) in [5.74, 6) is -2.15. The summed E-state index contributed by atoms with van der Waals surface area (Å²) >= 11 is 0. The van der Waals surface area contributed by atoms with Crippen LogP contribution in [0.4, 0.5) is 5.69 Å². The van der Waals surface area contributed by atoms with Crippen LogP contribution in [0.3, 0.4) is 0 Å². The van der Waals surface area contributed by atoms with Crippen LogP contribution in [0.25, 0.3) is 22.1 Å². The van der Waals surface area contributed by atoms with Crippen molar-refractivity contribution in [1.29, 1.82) is 0 Å². The van der Waals surface area contributed by atoms with E-state index in [1.165, 1.54) is 26.0 Å². The van der Waals surface area contributed by atoms with Gasteiger partial charge < -0.3 is 25.3 Å². The summed E-state index contributed by atoms with van der Waals surface area (Å²) in [6.45, 7) is 3.28. The van der Waals surface area contributed by atoms with Gasteiger partial charge in [-0.2, -0.15) is 0 Å². The molecule has 1 atom stereocenters. The number of aliphatic carboxylic acids is 1. The maximum absolute atomic E-state index is 13.1. The standard InChI is InChI=1S/C33H30N2O7S/c1-21(2)33(34,32(37)38)43(39,40)26-17-13-24(14-18-26)23-11-15-25(16-12-23)35-31(36)30-19-27-28(9-6-10-29(27)42-30)41-20-22-7-4-3-5-8-22/h3-19,21H,20,34H2,1-2H3,(H,35,36)(H,37,38)/t33-/m1/s1. The number of anilines is 1. The van der Waals surface area contributed by atoms with Crippen molar-refractivity contribution in [3.63, 3.8) is 0 Å². The number of ether oxygens (including phenoxy) is 1. The van der Waals surface area contributed by atoms with E-state index in [-0.39, 0.29) is 10.7 Å². The zero-order valence-electron chi connectivity index (χ0n) is 23.5. The van der Waals surface area contributed by atoms with E-state index >= 15 is 0 Å². The van der Waals surface area contributed by atoms with E-state index in [1.807, 2.05) is 36.4 Å². The molecule has 1 aromatic heterocycles. The number of carboxylic acid groups (broad SMARTS) is 1. The highest BCUT2D eigenvalue weighted by Crippen LogP contribution is 2.32. The number of carbonyl (C=O) groups excluding carboxylic acids is 1. The first-order valence-electron chi connectivity index (χ1n) is 13.5. The Morgan fingerprint density at radius 3 is 2.14 bits per heavy atom. The number of furan rings is 1. The molecule has 0 aliphatic heterocycles. The van der Waals surface area contributed by atoms with Gasteiger partial charge in [0, 0.05) is 11.8 Å². The highest BCUT2D eigenvalue weighted by atomic mass is 32.2. The summed E-state index contributed by atoms with van der Waals surface area (Å²) in [7, 11) is -4.36. The van der Waals surface area contributed by atoms with Gasteiger partial charge in [0.1, 0.15) is 17.9 Å². The molecule has 0 unspecified atom stereocenters. The summed E-state index contributed by atoms with van der Waals surface area (Å²) in [5.41, 5.74) is 9.40. The van der Waals surface area contributed by atoms with Gasteiger partial charge >= 0.3 is 5.97 Å². The molecule has 1 heterocycles. The van der Waals surface area contributed by atoms with Crippen LogP contribution in [-0.4, -0.2) is 30.3 Å². The number of fused-ring (bicyclic) bond motifs is 1. The van der Waals surface area contributed by atoms with Crippen LogP contribution in [-0.2, 0) is 21.2 Å². The summed E-state index contributed by atoms with van der Waals surface area (Å²) in [6, 6.07) is 29.6. The number of nitrogens with two attached hydrogens (primary N) is 1. The van der Waals surface area contributed by atoms with Crippen molar-refractivity contribution in [2.75, 3.05) is 5.32 Å². The second-order valence-corrected chi connectivity index (χ2v) is 12.5. The lowest BCUT2D eigenvalue weighted by Gasteiger charge is -2.28. The molecule has 0 aliphatic carbocycles. The third kappa shape index (κ3) is 5.75. The van der Waals surface area contributed by atoms with Gasteiger partial charge in [0.05, 0.1) is 10.3 Å². The van der Waals surface area contributed by atoms with E-state index in [1.54, 1.807) is 54.6 Å². The van der Waals surface area contributed by atoms with Gasteiger partial charge in [0.15, 0.2) is 5.76 Å². The van der Waals surface area contributed by atoms with Gasteiger partial charge in [0.2, 0.25) is 14.7 Å². The third-order valence-electron chi connectivity index (χ3n) is 7.26. The van der Waals surface area contributed by atoms with Crippen LogP contribution in [0.15, 0.2) is 112 Å². The van der Waals surface area contributed by atoms with Crippen molar-refractivity contribution in [2.45, 2.75) is 30.2 Å². The molecular formula is C33H30N2O7S. The minimum Gasteiger partial charge on any atom is -0.488 e. The molecule has 0 radical (unpaired) electrons. The minimum absolute atomic E-state index is 0.130. The second-order valence-electron chi connectivity index (χ2n) is 10.4. The van der Waals surface area contributed by atoms with Crippen molar-refractivity contribution >= 4 is 38.4 Å². The van der Waals surface area contributed by atoms with Gasteiger partial charge in [-0.3, -0.25) is 4.79 Å². The average molecular weight is 599 g/mol. The Morgan fingerprint density at radius 2 is 1.53 bits per heavy atom. The van der Waals surface area contributed by atoms with E-state index in [4.69, 9.17) is 14.9 Å². The van der Waals surface area contributed by atoms with Crippen molar-refractivity contribution in [1.82, 2.24) is 0 Å². The van der Waals surface area contributed by atoms with Gasteiger partial charge in [0.25, 0.3) is 5.91 Å². The second kappa shape index (κ2) is 11.7. The number of carboxylic acids is 1. The smallest absolute Gasteiger partial charge is 0.340 e. The Morgan fingerprint density at radius 1 is 0.907 bits per heavy atom. The molecule has 10 heteroatoms. The van der Waals surface area contributed by atoms with Gasteiger partial charge in [-0.1, -0.05) is 74.5 Å². The van der Waals surface area contributed by atoms with Gasteiger partial charge in [-0.25, -0.2) is 13.2 Å². The summed E-state index contributed by atoms with van der Waals surface area (Å²) in [4.78, 5) is 22.1. The van der Waals surface area contributed by atoms with E-state index in [9.17, 15) is 23.1 Å². The van der Waals surface area contributed by atoms with E-state index < -0.39 is 32.5 Å². The number of benzene rings is 4. The lowest BCUT2D eigenvalue weighted by atomic mass is 10.1. The SMILES string of the molecule is CC(C)[C@](N)(C(=O)O)S(=O)(=O)c1ccc(-c2ccc(NC(=O)c3cc4c(OCc5ccccc5)cccc4o3)cc2)cc1. The van der Waals surface area contributed by atoms with Crippen LogP contribution in [0.2, 0.25) is 0 Å². The molecule has 0 bridgehead atoms. The fourth-order valence-electron chi connectivity index (χ4n) is 4.64. The molecule has 4 aromatic carbocycles. The number of hydrogen-bond donors (Lipinski definition) is 3. The Bertz CT molecular complexity index is 1880. The fourth-order valence-corrected chi connectivity index (χ4v) is 6.37. The molecule has 0 saturated carbocycles. The molecule has 0 aliphatic rings. The minimum atomic E-state index is -4.36. The topological polar surface area (TPSA) is 149 Å². The third-order valence-corrected chi connectivity index (χ3v) is 9.69. The lowest BCUT2D eigenvalue weighted by molar-refractivity contribution is -0.141. The van der Waals surface area contributed by atoms with Gasteiger partial charge in [-0.05, 0) is 59.0 Å². The van der Waals surface area contributed by atoms with Crippen molar-refractivity contribution in [3.05, 3.63) is 114 Å². The summed E-state index contributed by atoms with van der Waals surface area (Å²) < 4.78 is 37.9. The van der Waals surface area contributed by atoms with Crippen molar-refractivity contribution in [3.8, 4) is 16.9 Å². The monoisotopic (exact) mass is 598 g/mol.